The van der Waals surface area contributed by atoms with Crippen molar-refractivity contribution in [2.75, 3.05) is 18.5 Å². The highest BCUT2D eigenvalue weighted by atomic mass is 16.5. The summed E-state index contributed by atoms with van der Waals surface area (Å²) in [5.74, 6) is 0.408. The zero-order valence-electron chi connectivity index (χ0n) is 15.5. The number of nitrogens with zero attached hydrogens (tertiary/aromatic N) is 2. The molecular formula is C22H22N4O2. The predicted octanol–water partition coefficient (Wildman–Crippen LogP) is 3.80. The molecule has 0 saturated carbocycles. The third kappa shape index (κ3) is 4.53. The van der Waals surface area contributed by atoms with Crippen molar-refractivity contribution in [1.82, 2.24) is 15.3 Å². The van der Waals surface area contributed by atoms with Gasteiger partial charge >= 0.3 is 0 Å². The summed E-state index contributed by atoms with van der Waals surface area (Å²) in [7, 11) is 0. The van der Waals surface area contributed by atoms with Crippen LogP contribution in [0.5, 0.6) is 0 Å². The number of carbonyl (C=O) groups excluding carboxylic acids is 1. The Hall–Kier alpha value is -3.25. The van der Waals surface area contributed by atoms with E-state index in [1.165, 1.54) is 0 Å². The molecule has 0 aliphatic carbocycles. The summed E-state index contributed by atoms with van der Waals surface area (Å²) < 4.78 is 5.56. The molecule has 0 radical (unpaired) electrons. The van der Waals surface area contributed by atoms with Crippen LogP contribution >= 0.6 is 0 Å². The topological polar surface area (TPSA) is 76.1 Å². The molecule has 6 heteroatoms. The van der Waals surface area contributed by atoms with Crippen LogP contribution in [0.1, 0.15) is 23.2 Å². The van der Waals surface area contributed by atoms with E-state index in [0.29, 0.717) is 18.1 Å². The number of para-hydroxylation sites is 1. The lowest BCUT2D eigenvalue weighted by Gasteiger charge is -2.11. The number of amides is 1. The maximum absolute atomic E-state index is 12.5. The van der Waals surface area contributed by atoms with E-state index in [1.807, 2.05) is 54.6 Å². The number of hydrogen-bond acceptors (Lipinski definition) is 5. The van der Waals surface area contributed by atoms with E-state index in [0.717, 1.165) is 36.4 Å². The molecule has 6 nitrogen and oxygen atoms in total. The minimum absolute atomic E-state index is 0.103. The Morgan fingerprint density at radius 3 is 2.82 bits per heavy atom. The van der Waals surface area contributed by atoms with Gasteiger partial charge in [0.15, 0.2) is 0 Å². The molecule has 2 aromatic carbocycles. The number of aromatic nitrogens is 2. The first-order valence-corrected chi connectivity index (χ1v) is 9.43. The van der Waals surface area contributed by atoms with Crippen molar-refractivity contribution in [3.05, 3.63) is 72.4 Å². The predicted molar refractivity (Wildman–Crippen MR) is 108 cm³/mol. The number of rotatable bonds is 6. The summed E-state index contributed by atoms with van der Waals surface area (Å²) in [6.45, 7) is 1.32. The molecule has 1 aliphatic heterocycles. The molecule has 0 bridgehead atoms. The van der Waals surface area contributed by atoms with Gasteiger partial charge in [0.25, 0.3) is 5.91 Å². The fraction of sp³-hybridized carbons (Fsp3) is 0.227. The Labute approximate surface area is 164 Å². The van der Waals surface area contributed by atoms with Gasteiger partial charge in [-0.15, -0.1) is 0 Å². The lowest BCUT2D eigenvalue weighted by atomic mass is 10.1. The Bertz CT molecular complexity index is 940. The van der Waals surface area contributed by atoms with Crippen LogP contribution in [0.3, 0.4) is 0 Å². The molecule has 142 valence electrons. The Morgan fingerprint density at radius 2 is 2.00 bits per heavy atom. The molecule has 1 atom stereocenters. The van der Waals surface area contributed by atoms with Crippen molar-refractivity contribution in [3.63, 3.8) is 0 Å². The monoisotopic (exact) mass is 374 g/mol. The van der Waals surface area contributed by atoms with Crippen LogP contribution in [0.25, 0.3) is 11.3 Å². The first-order chi connectivity index (χ1) is 13.8. The summed E-state index contributed by atoms with van der Waals surface area (Å²) in [5.41, 5.74) is 3.14. The molecule has 28 heavy (non-hydrogen) atoms. The molecule has 2 heterocycles. The van der Waals surface area contributed by atoms with Gasteiger partial charge in [-0.1, -0.05) is 30.3 Å². The van der Waals surface area contributed by atoms with Crippen LogP contribution in [-0.2, 0) is 4.74 Å². The lowest BCUT2D eigenvalue weighted by Crippen LogP contribution is -2.31. The van der Waals surface area contributed by atoms with E-state index in [9.17, 15) is 4.79 Å². The molecule has 1 aliphatic rings. The Morgan fingerprint density at radius 1 is 1.11 bits per heavy atom. The molecule has 1 unspecified atom stereocenters. The maximum atomic E-state index is 12.5. The molecular weight excluding hydrogens is 352 g/mol. The Kier molecular flexibility index (Phi) is 5.58. The van der Waals surface area contributed by atoms with Crippen molar-refractivity contribution in [2.45, 2.75) is 18.9 Å². The van der Waals surface area contributed by atoms with Crippen molar-refractivity contribution < 1.29 is 9.53 Å². The number of carbonyl (C=O) groups is 1. The average Bonchev–Trinajstić information content (AvgIpc) is 3.27. The van der Waals surface area contributed by atoms with Crippen molar-refractivity contribution in [3.8, 4) is 11.3 Å². The second-order valence-electron chi connectivity index (χ2n) is 6.68. The van der Waals surface area contributed by atoms with Gasteiger partial charge in [0.2, 0.25) is 5.95 Å². The number of hydrogen-bond donors (Lipinski definition) is 2. The SMILES string of the molecule is O=C(NCC1CCCO1)c1cccc(-c2ccnc(Nc3ccccc3)n2)c1. The average molecular weight is 374 g/mol. The highest BCUT2D eigenvalue weighted by molar-refractivity contribution is 5.95. The molecule has 3 aromatic rings. The van der Waals surface area contributed by atoms with E-state index in [4.69, 9.17) is 4.74 Å². The van der Waals surface area contributed by atoms with Crippen LogP contribution in [0, 0.1) is 0 Å². The maximum Gasteiger partial charge on any atom is 0.251 e. The van der Waals surface area contributed by atoms with Gasteiger partial charge in [-0.2, -0.15) is 0 Å². The first-order valence-electron chi connectivity index (χ1n) is 9.43. The van der Waals surface area contributed by atoms with Gasteiger partial charge < -0.3 is 15.4 Å². The highest BCUT2D eigenvalue weighted by Crippen LogP contribution is 2.21. The lowest BCUT2D eigenvalue weighted by molar-refractivity contribution is 0.0858. The van der Waals surface area contributed by atoms with Crippen LogP contribution in [0.4, 0.5) is 11.6 Å². The molecule has 1 fully saturated rings. The van der Waals surface area contributed by atoms with E-state index in [1.54, 1.807) is 12.3 Å². The molecule has 2 N–H and O–H groups in total. The van der Waals surface area contributed by atoms with E-state index < -0.39 is 0 Å². The van der Waals surface area contributed by atoms with E-state index in [2.05, 4.69) is 20.6 Å². The summed E-state index contributed by atoms with van der Waals surface area (Å²) in [6, 6.07) is 19.0. The van der Waals surface area contributed by atoms with Gasteiger partial charge in [-0.05, 0) is 43.2 Å². The van der Waals surface area contributed by atoms with Crippen LogP contribution < -0.4 is 10.6 Å². The van der Waals surface area contributed by atoms with Crippen LogP contribution in [-0.4, -0.2) is 35.1 Å². The third-order valence-electron chi connectivity index (χ3n) is 4.62. The summed E-state index contributed by atoms with van der Waals surface area (Å²) in [6.07, 6.45) is 3.89. The molecule has 0 spiro atoms. The molecule has 1 amide bonds. The van der Waals surface area contributed by atoms with Gasteiger partial charge in [-0.3, -0.25) is 4.79 Å². The molecule has 1 saturated heterocycles. The van der Waals surface area contributed by atoms with Crippen molar-refractivity contribution in [2.24, 2.45) is 0 Å². The second-order valence-corrected chi connectivity index (χ2v) is 6.68. The standard InChI is InChI=1S/C22H22N4O2/c27-21(24-15-19-10-5-13-28-19)17-7-4-6-16(14-17)20-11-12-23-22(26-20)25-18-8-2-1-3-9-18/h1-4,6-9,11-12,14,19H,5,10,13,15H2,(H,24,27)(H,23,25,26). The zero-order chi connectivity index (χ0) is 19.2. The van der Waals surface area contributed by atoms with Crippen molar-refractivity contribution in [1.29, 1.82) is 0 Å². The second kappa shape index (κ2) is 8.63. The number of anilines is 2. The van der Waals surface area contributed by atoms with Gasteiger partial charge in [0.1, 0.15) is 0 Å². The normalized spacial score (nSPS) is 15.9. The number of benzene rings is 2. The van der Waals surface area contributed by atoms with Crippen LogP contribution in [0.15, 0.2) is 66.9 Å². The van der Waals surface area contributed by atoms with Gasteiger partial charge in [0.05, 0.1) is 11.8 Å². The summed E-state index contributed by atoms with van der Waals surface area (Å²) in [5, 5.41) is 6.14. The molecule has 1 aromatic heterocycles. The highest BCUT2D eigenvalue weighted by Gasteiger charge is 2.17. The summed E-state index contributed by atoms with van der Waals surface area (Å²) in [4.78, 5) is 21.3. The minimum Gasteiger partial charge on any atom is -0.376 e. The third-order valence-corrected chi connectivity index (χ3v) is 4.62. The number of nitrogens with one attached hydrogen (secondary N) is 2. The minimum atomic E-state index is -0.103. The zero-order valence-corrected chi connectivity index (χ0v) is 15.5. The van der Waals surface area contributed by atoms with Crippen molar-refractivity contribution >= 4 is 17.5 Å². The quantitative estimate of drug-likeness (QED) is 0.686. The summed E-state index contributed by atoms with van der Waals surface area (Å²) >= 11 is 0. The van der Waals surface area contributed by atoms with Crippen LogP contribution in [0.2, 0.25) is 0 Å². The fourth-order valence-corrected chi connectivity index (χ4v) is 3.16. The molecule has 4 rings (SSSR count). The van der Waals surface area contributed by atoms with E-state index in [-0.39, 0.29) is 12.0 Å². The smallest absolute Gasteiger partial charge is 0.251 e. The largest absolute Gasteiger partial charge is 0.376 e. The van der Waals surface area contributed by atoms with Gasteiger partial charge in [-0.25, -0.2) is 9.97 Å². The van der Waals surface area contributed by atoms with Gasteiger partial charge in [0, 0.05) is 36.2 Å². The first kappa shape index (κ1) is 18.1. The fourth-order valence-electron chi connectivity index (χ4n) is 3.16. The Balaban J connectivity index is 1.47. The number of ether oxygens (including phenoxy) is 1. The van der Waals surface area contributed by atoms with E-state index >= 15 is 0 Å².